The third kappa shape index (κ3) is 3.27. The number of hydrogen-bond donors (Lipinski definition) is 1. The van der Waals surface area contributed by atoms with Crippen molar-refractivity contribution in [1.29, 1.82) is 5.26 Å². The Bertz CT molecular complexity index is 1060. The molecule has 1 aromatic rings. The molecule has 9 heteroatoms. The number of nitrogens with two attached hydrogens (primary N) is 1. The Morgan fingerprint density at radius 3 is 2.85 bits per heavy atom. The molecule has 2 N–H and O–H groups in total. The Morgan fingerprint density at radius 2 is 2.19 bits per heavy atom. The summed E-state index contributed by atoms with van der Waals surface area (Å²) in [6.45, 7) is 1.69. The van der Waals surface area contributed by atoms with Gasteiger partial charge in [0.1, 0.15) is 11.4 Å². The lowest BCUT2D eigenvalue weighted by atomic mass is 9.99. The minimum absolute atomic E-state index is 0.0853. The predicted octanol–water partition coefficient (Wildman–Crippen LogP) is 2.17. The average Bonchev–Trinajstić information content (AvgIpc) is 2.59. The molecule has 1 atom stereocenters. The molecule has 3 rings (SSSR count). The van der Waals surface area contributed by atoms with Gasteiger partial charge in [0.2, 0.25) is 16.0 Å². The molecular formula is C17H15FN4O2S2. The number of benzene rings is 1. The summed E-state index contributed by atoms with van der Waals surface area (Å²) < 4.78 is 39.4. The minimum Gasteiger partial charge on any atom is -0.369 e. The summed E-state index contributed by atoms with van der Waals surface area (Å²) >= 11 is 1.28. The van der Waals surface area contributed by atoms with Gasteiger partial charge in [-0.1, -0.05) is 11.8 Å². The highest BCUT2D eigenvalue weighted by Crippen LogP contribution is 2.40. The van der Waals surface area contributed by atoms with E-state index in [9.17, 15) is 12.8 Å². The number of sulfonamides is 1. The fourth-order valence-electron chi connectivity index (χ4n) is 2.70. The Balaban J connectivity index is 2.06. The number of thioether (sulfide) groups is 1. The second kappa shape index (κ2) is 6.32. The standard InChI is InChI=1S/C17H15FN4O2S2/c1-17(10-26(23,24)22(2)16(20)21-17)15-8-12(3-4-25-15)13-5-11(9-19)6-14(18)7-13/h4-8H,10H2,1-2H3,(H2,20,21)/t17-/m0/s1. The van der Waals surface area contributed by atoms with Gasteiger partial charge in [-0.2, -0.15) is 5.26 Å². The molecule has 0 amide bonds. The summed E-state index contributed by atoms with van der Waals surface area (Å²) in [4.78, 5) is 5.01. The van der Waals surface area contributed by atoms with Crippen molar-refractivity contribution in [1.82, 2.24) is 4.31 Å². The summed E-state index contributed by atoms with van der Waals surface area (Å²) in [5.74, 6) is -0.848. The van der Waals surface area contributed by atoms with Gasteiger partial charge in [0, 0.05) is 22.9 Å². The molecule has 1 aromatic carbocycles. The molecule has 6 nitrogen and oxygen atoms in total. The lowest BCUT2D eigenvalue weighted by Gasteiger charge is -2.35. The number of aliphatic imine (C=N–C) groups is 1. The van der Waals surface area contributed by atoms with E-state index < -0.39 is 21.4 Å². The maximum atomic E-state index is 13.7. The van der Waals surface area contributed by atoms with Gasteiger partial charge >= 0.3 is 0 Å². The zero-order valence-electron chi connectivity index (χ0n) is 14.0. The van der Waals surface area contributed by atoms with E-state index in [0.29, 0.717) is 16.0 Å². The van der Waals surface area contributed by atoms with Crippen LogP contribution < -0.4 is 5.73 Å². The Labute approximate surface area is 155 Å². The lowest BCUT2D eigenvalue weighted by Crippen LogP contribution is -2.51. The summed E-state index contributed by atoms with van der Waals surface area (Å²) in [6, 6.07) is 5.90. The van der Waals surface area contributed by atoms with E-state index in [0.717, 1.165) is 10.4 Å². The molecule has 0 unspecified atom stereocenters. The third-order valence-electron chi connectivity index (χ3n) is 4.11. The summed E-state index contributed by atoms with van der Waals surface area (Å²) in [5, 5.41) is 10.7. The lowest BCUT2D eigenvalue weighted by molar-refractivity contribution is 0.508. The first-order valence-corrected chi connectivity index (χ1v) is 10.0. The highest BCUT2D eigenvalue weighted by molar-refractivity contribution is 8.06. The van der Waals surface area contributed by atoms with Gasteiger partial charge < -0.3 is 5.73 Å². The highest BCUT2D eigenvalue weighted by Gasteiger charge is 2.42. The van der Waals surface area contributed by atoms with Crippen molar-refractivity contribution in [3.63, 3.8) is 0 Å². The molecule has 0 bridgehead atoms. The molecule has 2 heterocycles. The average molecular weight is 390 g/mol. The molecule has 0 radical (unpaired) electrons. The fraction of sp³-hybridized carbons (Fsp3) is 0.235. The molecular weight excluding hydrogens is 375 g/mol. The van der Waals surface area contributed by atoms with E-state index in [1.807, 2.05) is 6.07 Å². The van der Waals surface area contributed by atoms with Crippen LogP contribution in [0.1, 0.15) is 18.1 Å². The van der Waals surface area contributed by atoms with Crippen molar-refractivity contribution >= 4 is 33.3 Å². The summed E-state index contributed by atoms with van der Waals surface area (Å²) in [5.41, 5.74) is 8.94. The van der Waals surface area contributed by atoms with Gasteiger partial charge in [0.25, 0.3) is 0 Å². The monoisotopic (exact) mass is 390 g/mol. The van der Waals surface area contributed by atoms with E-state index in [1.54, 1.807) is 24.5 Å². The van der Waals surface area contributed by atoms with Crippen molar-refractivity contribution < 1.29 is 12.8 Å². The normalized spacial score (nSPS) is 24.4. The smallest absolute Gasteiger partial charge is 0.239 e. The molecule has 0 fully saturated rings. The van der Waals surface area contributed by atoms with Gasteiger partial charge in [-0.3, -0.25) is 0 Å². The maximum absolute atomic E-state index is 13.7. The molecule has 2 aliphatic heterocycles. The second-order valence-corrected chi connectivity index (χ2v) is 9.02. The fourth-order valence-corrected chi connectivity index (χ4v) is 5.11. The molecule has 0 aliphatic carbocycles. The SMILES string of the molecule is CN1C(N)=N[C@](C)(C2=CC(c3cc(F)cc(C#N)c3)=C=CS2)CS1(=O)=O. The van der Waals surface area contributed by atoms with Gasteiger partial charge in [0.15, 0.2) is 0 Å². The second-order valence-electron chi connectivity index (χ2n) is 6.11. The number of allylic oxidation sites excluding steroid dienone is 2. The van der Waals surface area contributed by atoms with Crippen LogP contribution >= 0.6 is 11.8 Å². The Hall–Kier alpha value is -2.53. The van der Waals surface area contributed by atoms with Crippen molar-refractivity contribution in [2.24, 2.45) is 10.7 Å². The van der Waals surface area contributed by atoms with Crippen molar-refractivity contribution in [3.05, 3.63) is 57.3 Å². The quantitative estimate of drug-likeness (QED) is 0.780. The number of guanidine groups is 1. The van der Waals surface area contributed by atoms with Crippen LogP contribution in [0.5, 0.6) is 0 Å². The maximum Gasteiger partial charge on any atom is 0.239 e. The van der Waals surface area contributed by atoms with Gasteiger partial charge in [-0.15, -0.1) is 5.73 Å². The van der Waals surface area contributed by atoms with Crippen LogP contribution in [0.2, 0.25) is 0 Å². The molecule has 0 aromatic heterocycles. The zero-order valence-corrected chi connectivity index (χ0v) is 15.7. The number of nitrogens with zero attached hydrogens (tertiary/aromatic N) is 3. The molecule has 2 aliphatic rings. The van der Waals surface area contributed by atoms with Crippen LogP contribution in [0, 0.1) is 17.1 Å². The molecule has 0 spiro atoms. The molecule has 0 saturated carbocycles. The number of halogens is 1. The highest BCUT2D eigenvalue weighted by atomic mass is 32.2. The van der Waals surface area contributed by atoms with E-state index in [2.05, 4.69) is 10.7 Å². The third-order valence-corrected chi connectivity index (χ3v) is 7.10. The first-order chi connectivity index (χ1) is 12.1. The summed E-state index contributed by atoms with van der Waals surface area (Å²) in [7, 11) is -2.23. The van der Waals surface area contributed by atoms with Crippen LogP contribution in [-0.2, 0) is 10.0 Å². The number of nitriles is 1. The van der Waals surface area contributed by atoms with Crippen LogP contribution in [0.3, 0.4) is 0 Å². The molecule has 134 valence electrons. The van der Waals surface area contributed by atoms with Crippen molar-refractivity contribution in [2.45, 2.75) is 12.5 Å². The Kier molecular flexibility index (Phi) is 4.44. The van der Waals surface area contributed by atoms with Crippen LogP contribution in [0.15, 0.2) is 45.3 Å². The van der Waals surface area contributed by atoms with Gasteiger partial charge in [-0.25, -0.2) is 22.1 Å². The van der Waals surface area contributed by atoms with Crippen molar-refractivity contribution in [2.75, 3.05) is 12.8 Å². The zero-order chi connectivity index (χ0) is 19.1. The first-order valence-electron chi connectivity index (χ1n) is 7.52. The Morgan fingerprint density at radius 1 is 1.46 bits per heavy atom. The molecule has 26 heavy (non-hydrogen) atoms. The topological polar surface area (TPSA) is 99.5 Å². The summed E-state index contributed by atoms with van der Waals surface area (Å²) in [6.07, 6.45) is 1.71. The number of rotatable bonds is 2. The minimum atomic E-state index is -3.59. The van der Waals surface area contributed by atoms with Crippen LogP contribution in [0.4, 0.5) is 4.39 Å². The van der Waals surface area contributed by atoms with E-state index in [1.165, 1.54) is 24.9 Å². The predicted molar refractivity (Wildman–Crippen MR) is 99.9 cm³/mol. The van der Waals surface area contributed by atoms with E-state index in [-0.39, 0.29) is 17.3 Å². The number of hydrogen-bond acceptors (Lipinski definition) is 6. The van der Waals surface area contributed by atoms with Gasteiger partial charge in [0.05, 0.1) is 17.4 Å². The van der Waals surface area contributed by atoms with Crippen LogP contribution in [0.25, 0.3) is 5.57 Å². The van der Waals surface area contributed by atoms with E-state index >= 15 is 0 Å². The van der Waals surface area contributed by atoms with Crippen molar-refractivity contribution in [3.8, 4) is 6.07 Å². The largest absolute Gasteiger partial charge is 0.369 e. The van der Waals surface area contributed by atoms with Gasteiger partial charge in [-0.05, 0) is 36.8 Å². The molecule has 0 saturated heterocycles. The first kappa shape index (κ1) is 18.3. The van der Waals surface area contributed by atoms with E-state index in [4.69, 9.17) is 11.0 Å². The van der Waals surface area contributed by atoms with Crippen LogP contribution in [-0.4, -0.2) is 37.0 Å².